The van der Waals surface area contributed by atoms with Gasteiger partial charge in [-0.1, -0.05) is 56.1 Å². The average molecular weight is 276 g/mol. The molecule has 0 aliphatic carbocycles. The van der Waals surface area contributed by atoms with Crippen molar-refractivity contribution in [3.63, 3.8) is 0 Å². The Kier molecular flexibility index (Phi) is 13.0. The summed E-state index contributed by atoms with van der Waals surface area (Å²) in [6.07, 6.45) is 3.00. The summed E-state index contributed by atoms with van der Waals surface area (Å²) in [5.74, 6) is 0. The van der Waals surface area contributed by atoms with Crippen molar-refractivity contribution in [2.45, 2.75) is 27.2 Å². The van der Waals surface area contributed by atoms with Gasteiger partial charge in [0.2, 0.25) is 0 Å². The zero-order chi connectivity index (χ0) is 13.8. The van der Waals surface area contributed by atoms with Crippen molar-refractivity contribution in [1.29, 1.82) is 0 Å². The summed E-state index contributed by atoms with van der Waals surface area (Å²) in [6.45, 7) is 9.71. The Hall–Kier alpha value is -0.660. The van der Waals surface area contributed by atoms with Gasteiger partial charge in [0.15, 0.2) is 0 Å². The molecule has 0 unspecified atom stereocenters. The largest absolute Gasteiger partial charge is 0.384 e. The summed E-state index contributed by atoms with van der Waals surface area (Å²) in [5.41, 5.74) is 1.13. The predicted octanol–water partition coefficient (Wildman–Crippen LogP) is 5.41. The Morgan fingerprint density at radius 1 is 1.18 bits per heavy atom. The summed E-state index contributed by atoms with van der Waals surface area (Å²) in [6, 6.07) is 5.55. The molecule has 98 valence electrons. The van der Waals surface area contributed by atoms with Crippen LogP contribution in [0.3, 0.4) is 0 Å². The molecule has 0 N–H and O–H groups in total. The first-order chi connectivity index (χ1) is 7.88. The smallest absolute Gasteiger partial charge is 0.0594 e. The second-order valence-corrected chi connectivity index (χ2v) is 4.59. The van der Waals surface area contributed by atoms with Gasteiger partial charge in [-0.25, -0.2) is 0 Å². The van der Waals surface area contributed by atoms with Crippen LogP contribution < -0.4 is 0 Å². The van der Waals surface area contributed by atoms with E-state index < -0.39 is 0 Å². The molecule has 0 atom stereocenters. The van der Waals surface area contributed by atoms with Crippen molar-refractivity contribution < 1.29 is 0 Å². The van der Waals surface area contributed by atoms with Crippen LogP contribution in [0.1, 0.15) is 25.8 Å². The molecule has 0 saturated carbocycles. The Balaban J connectivity index is 0. The van der Waals surface area contributed by atoms with Crippen LogP contribution in [-0.2, 0) is 0 Å². The lowest BCUT2D eigenvalue weighted by Gasteiger charge is -1.98. The molecule has 0 radical (unpaired) electrons. The lowest BCUT2D eigenvalue weighted by molar-refractivity contribution is 0.566. The number of hydrogen-bond acceptors (Lipinski definition) is 1. The summed E-state index contributed by atoms with van der Waals surface area (Å²) >= 11 is 11.3. The summed E-state index contributed by atoms with van der Waals surface area (Å²) in [5, 5.41) is 1.24. The van der Waals surface area contributed by atoms with Crippen molar-refractivity contribution in [3.05, 3.63) is 46.6 Å². The van der Waals surface area contributed by atoms with E-state index in [1.165, 1.54) is 6.42 Å². The molecular weight excluding hydrogens is 253 g/mol. The van der Waals surface area contributed by atoms with Crippen LogP contribution in [0.2, 0.25) is 10.0 Å². The molecule has 0 saturated heterocycles. The standard InChI is InChI=1S/C7H6Cl2.C4H9N.C3H8/c1-5-2-3-6(8)7(9)4-5;1-4-5(2)3;1-3-2/h2-4H,1H3;4H,1H2,2-3H3;3H2,1-2H3. The van der Waals surface area contributed by atoms with E-state index in [0.717, 1.165) is 5.56 Å². The van der Waals surface area contributed by atoms with E-state index in [-0.39, 0.29) is 0 Å². The van der Waals surface area contributed by atoms with Crippen LogP contribution in [0.25, 0.3) is 0 Å². The maximum absolute atomic E-state index is 5.68. The van der Waals surface area contributed by atoms with E-state index in [1.54, 1.807) is 12.3 Å². The van der Waals surface area contributed by atoms with Gasteiger partial charge in [-0.05, 0) is 30.8 Å². The van der Waals surface area contributed by atoms with Crippen molar-refractivity contribution in [2.24, 2.45) is 0 Å². The second-order valence-electron chi connectivity index (χ2n) is 3.77. The van der Waals surface area contributed by atoms with Crippen LogP contribution in [0.5, 0.6) is 0 Å². The number of halogens is 2. The summed E-state index contributed by atoms with van der Waals surface area (Å²) in [4.78, 5) is 1.89. The minimum atomic E-state index is 0.613. The minimum absolute atomic E-state index is 0.613. The van der Waals surface area contributed by atoms with E-state index in [9.17, 15) is 0 Å². The fraction of sp³-hybridized carbons (Fsp3) is 0.429. The van der Waals surface area contributed by atoms with Crippen LogP contribution in [0, 0.1) is 6.92 Å². The normalized spacial score (nSPS) is 8.18. The number of nitrogens with zero attached hydrogens (tertiary/aromatic N) is 1. The molecule has 0 heterocycles. The summed E-state index contributed by atoms with van der Waals surface area (Å²) < 4.78 is 0. The molecular formula is C14H23Cl2N. The van der Waals surface area contributed by atoms with Crippen molar-refractivity contribution in [3.8, 4) is 0 Å². The maximum atomic E-state index is 5.68. The molecule has 0 aliphatic rings. The van der Waals surface area contributed by atoms with Gasteiger partial charge in [-0.2, -0.15) is 0 Å². The first-order valence-electron chi connectivity index (χ1n) is 5.59. The molecule has 1 rings (SSSR count). The molecule has 1 aromatic rings. The van der Waals surface area contributed by atoms with Crippen molar-refractivity contribution in [2.75, 3.05) is 14.1 Å². The van der Waals surface area contributed by atoms with Gasteiger partial charge in [-0.15, -0.1) is 0 Å². The molecule has 1 aromatic carbocycles. The van der Waals surface area contributed by atoms with Gasteiger partial charge >= 0.3 is 0 Å². The molecule has 0 spiro atoms. The van der Waals surface area contributed by atoms with E-state index in [4.69, 9.17) is 23.2 Å². The molecule has 0 fully saturated rings. The van der Waals surface area contributed by atoms with Gasteiger partial charge in [0.05, 0.1) is 10.0 Å². The lowest BCUT2D eigenvalue weighted by Crippen LogP contribution is -1.97. The monoisotopic (exact) mass is 275 g/mol. The Bertz CT molecular complexity index is 309. The van der Waals surface area contributed by atoms with Crippen molar-refractivity contribution >= 4 is 23.2 Å². The van der Waals surface area contributed by atoms with Crippen LogP contribution in [0.4, 0.5) is 0 Å². The third-order valence-electron chi connectivity index (χ3n) is 1.44. The molecule has 0 bridgehead atoms. The van der Waals surface area contributed by atoms with E-state index >= 15 is 0 Å². The molecule has 0 aromatic heterocycles. The molecule has 3 heteroatoms. The van der Waals surface area contributed by atoms with Gasteiger partial charge in [-0.3, -0.25) is 0 Å². The first kappa shape index (κ1) is 18.7. The van der Waals surface area contributed by atoms with E-state index in [0.29, 0.717) is 10.0 Å². The highest BCUT2D eigenvalue weighted by atomic mass is 35.5. The molecule has 0 aliphatic heterocycles. The van der Waals surface area contributed by atoms with E-state index in [2.05, 4.69) is 20.4 Å². The number of aryl methyl sites for hydroxylation is 1. The highest BCUT2D eigenvalue weighted by molar-refractivity contribution is 6.41. The number of rotatable bonds is 1. The Morgan fingerprint density at radius 2 is 1.59 bits per heavy atom. The maximum Gasteiger partial charge on any atom is 0.0594 e. The molecule has 17 heavy (non-hydrogen) atoms. The van der Waals surface area contributed by atoms with Crippen LogP contribution in [0.15, 0.2) is 31.0 Å². The van der Waals surface area contributed by atoms with Crippen molar-refractivity contribution in [1.82, 2.24) is 4.90 Å². The third-order valence-corrected chi connectivity index (χ3v) is 2.18. The highest BCUT2D eigenvalue weighted by Crippen LogP contribution is 2.21. The topological polar surface area (TPSA) is 3.24 Å². The quantitative estimate of drug-likeness (QED) is 0.663. The van der Waals surface area contributed by atoms with Crippen LogP contribution in [-0.4, -0.2) is 19.0 Å². The Morgan fingerprint density at radius 3 is 1.82 bits per heavy atom. The zero-order valence-corrected chi connectivity index (χ0v) is 12.9. The number of hydrogen-bond donors (Lipinski definition) is 0. The fourth-order valence-electron chi connectivity index (χ4n) is 0.601. The predicted molar refractivity (Wildman–Crippen MR) is 81.0 cm³/mol. The van der Waals surface area contributed by atoms with Crippen LogP contribution >= 0.6 is 23.2 Å². The SMILES string of the molecule is C=CN(C)C.CCC.Cc1ccc(Cl)c(Cl)c1. The Labute approximate surface area is 116 Å². The lowest BCUT2D eigenvalue weighted by atomic mass is 10.2. The summed E-state index contributed by atoms with van der Waals surface area (Å²) in [7, 11) is 3.88. The highest BCUT2D eigenvalue weighted by Gasteiger charge is 1.93. The third kappa shape index (κ3) is 13.3. The first-order valence-corrected chi connectivity index (χ1v) is 6.35. The zero-order valence-electron chi connectivity index (χ0n) is 11.4. The average Bonchev–Trinajstić information content (AvgIpc) is 2.26. The van der Waals surface area contributed by atoms with Gasteiger partial charge < -0.3 is 4.90 Å². The molecule has 0 amide bonds. The molecule has 1 nitrogen and oxygen atoms in total. The minimum Gasteiger partial charge on any atom is -0.384 e. The van der Waals surface area contributed by atoms with Gasteiger partial charge in [0.25, 0.3) is 0 Å². The second kappa shape index (κ2) is 11.8. The number of benzene rings is 1. The van der Waals surface area contributed by atoms with Gasteiger partial charge in [0.1, 0.15) is 0 Å². The van der Waals surface area contributed by atoms with E-state index in [1.807, 2.05) is 38.1 Å². The fourth-order valence-corrected chi connectivity index (χ4v) is 0.954. The van der Waals surface area contributed by atoms with Gasteiger partial charge in [0, 0.05) is 14.1 Å².